The van der Waals surface area contributed by atoms with Gasteiger partial charge in [0.15, 0.2) is 11.5 Å². The third-order valence-corrected chi connectivity index (χ3v) is 3.81. The van der Waals surface area contributed by atoms with Crippen molar-refractivity contribution in [3.63, 3.8) is 0 Å². The van der Waals surface area contributed by atoms with Gasteiger partial charge in [0.25, 0.3) is 0 Å². The van der Waals surface area contributed by atoms with Gasteiger partial charge in [-0.05, 0) is 42.3 Å². The largest absolute Gasteiger partial charge is 0.508 e. The molecule has 1 aliphatic rings. The van der Waals surface area contributed by atoms with Crippen LogP contribution in [0.25, 0.3) is 22.1 Å². The summed E-state index contributed by atoms with van der Waals surface area (Å²) in [5, 5.41) is 10.3. The minimum atomic E-state index is -0.450. The number of fused-ring (bicyclic) bond motifs is 2. The molecule has 110 valence electrons. The summed E-state index contributed by atoms with van der Waals surface area (Å²) in [6, 6.07) is 10.1. The summed E-state index contributed by atoms with van der Waals surface area (Å²) in [6.07, 6.45) is 0. The lowest BCUT2D eigenvalue weighted by molar-refractivity contribution is 0.174. The number of hydrogen-bond acceptors (Lipinski definition) is 5. The minimum absolute atomic E-state index is 0.0610. The van der Waals surface area contributed by atoms with E-state index in [-0.39, 0.29) is 12.5 Å². The molecule has 0 amide bonds. The maximum Gasteiger partial charge on any atom is 0.344 e. The van der Waals surface area contributed by atoms with Crippen LogP contribution in [0, 0.1) is 6.92 Å². The van der Waals surface area contributed by atoms with Crippen LogP contribution in [0.15, 0.2) is 45.6 Å². The van der Waals surface area contributed by atoms with Gasteiger partial charge in [0, 0.05) is 11.5 Å². The smallest absolute Gasteiger partial charge is 0.344 e. The number of ether oxygens (including phenoxy) is 2. The molecule has 1 aliphatic heterocycles. The van der Waals surface area contributed by atoms with E-state index in [1.165, 1.54) is 6.07 Å². The number of benzene rings is 2. The molecule has 0 atom stereocenters. The number of rotatable bonds is 1. The molecular formula is C17H12O5. The zero-order valence-electron chi connectivity index (χ0n) is 11.8. The fourth-order valence-electron chi connectivity index (χ4n) is 2.73. The summed E-state index contributed by atoms with van der Waals surface area (Å²) in [7, 11) is 0. The van der Waals surface area contributed by atoms with Crippen LogP contribution in [0.5, 0.6) is 17.2 Å². The average molecular weight is 296 g/mol. The summed E-state index contributed by atoms with van der Waals surface area (Å²) >= 11 is 0. The quantitative estimate of drug-likeness (QED) is 0.698. The molecule has 0 aliphatic carbocycles. The molecule has 22 heavy (non-hydrogen) atoms. The van der Waals surface area contributed by atoms with E-state index < -0.39 is 5.63 Å². The van der Waals surface area contributed by atoms with Crippen molar-refractivity contribution in [2.45, 2.75) is 6.92 Å². The Morgan fingerprint density at radius 1 is 1.05 bits per heavy atom. The second-order valence-electron chi connectivity index (χ2n) is 5.14. The van der Waals surface area contributed by atoms with E-state index in [2.05, 4.69) is 0 Å². The van der Waals surface area contributed by atoms with Crippen LogP contribution in [0.4, 0.5) is 0 Å². The summed E-state index contributed by atoms with van der Waals surface area (Å²) in [5.41, 5.74) is 1.91. The highest BCUT2D eigenvalue weighted by Gasteiger charge is 2.18. The van der Waals surface area contributed by atoms with Gasteiger partial charge in [-0.3, -0.25) is 0 Å². The van der Waals surface area contributed by atoms with E-state index in [4.69, 9.17) is 13.9 Å². The van der Waals surface area contributed by atoms with Crippen molar-refractivity contribution in [1.82, 2.24) is 0 Å². The fourth-order valence-corrected chi connectivity index (χ4v) is 2.73. The molecule has 2 heterocycles. The van der Waals surface area contributed by atoms with Crippen LogP contribution < -0.4 is 15.1 Å². The summed E-state index contributed by atoms with van der Waals surface area (Å²) in [5.74, 6) is 1.34. The first-order valence-electron chi connectivity index (χ1n) is 6.80. The third-order valence-electron chi connectivity index (χ3n) is 3.81. The maximum atomic E-state index is 12.3. The van der Waals surface area contributed by atoms with Gasteiger partial charge in [-0.15, -0.1) is 0 Å². The first-order valence-corrected chi connectivity index (χ1v) is 6.80. The molecule has 0 bridgehead atoms. The van der Waals surface area contributed by atoms with Crippen molar-refractivity contribution in [3.8, 4) is 28.4 Å². The minimum Gasteiger partial charge on any atom is -0.508 e. The first-order chi connectivity index (χ1) is 10.6. The Balaban J connectivity index is 1.99. The molecule has 4 rings (SSSR count). The SMILES string of the molecule is Cc1c(-c2ccc3c(c2)OCO3)c(=O)oc2cc(O)ccc12. The normalized spacial score (nSPS) is 12.8. The standard InChI is InChI=1S/C17H12O5/c1-9-12-4-3-11(18)7-14(12)22-17(19)16(9)10-2-5-13-15(6-10)21-8-20-13/h2-7,18H,8H2,1H3. The topological polar surface area (TPSA) is 68.9 Å². The first kappa shape index (κ1) is 12.8. The maximum absolute atomic E-state index is 12.3. The molecule has 0 unspecified atom stereocenters. The molecule has 0 saturated heterocycles. The second-order valence-corrected chi connectivity index (χ2v) is 5.14. The number of phenolic OH excluding ortho intramolecular Hbond substituents is 1. The van der Waals surface area contributed by atoms with E-state index in [9.17, 15) is 9.90 Å². The molecule has 3 aromatic rings. The molecule has 0 radical (unpaired) electrons. The molecule has 0 spiro atoms. The summed E-state index contributed by atoms with van der Waals surface area (Å²) in [4.78, 5) is 12.3. The van der Waals surface area contributed by atoms with Crippen molar-refractivity contribution in [2.75, 3.05) is 6.79 Å². The summed E-state index contributed by atoms with van der Waals surface area (Å²) in [6.45, 7) is 2.04. The van der Waals surface area contributed by atoms with Crippen LogP contribution in [-0.4, -0.2) is 11.9 Å². The predicted octanol–water partition coefficient (Wildman–Crippen LogP) is 3.20. The van der Waals surface area contributed by atoms with Crippen molar-refractivity contribution >= 4 is 11.0 Å². The zero-order chi connectivity index (χ0) is 15.3. The van der Waals surface area contributed by atoms with Gasteiger partial charge in [-0.1, -0.05) is 6.07 Å². The van der Waals surface area contributed by atoms with E-state index in [0.717, 1.165) is 10.9 Å². The van der Waals surface area contributed by atoms with Crippen molar-refractivity contribution in [1.29, 1.82) is 0 Å². The molecule has 1 aromatic heterocycles. The van der Waals surface area contributed by atoms with Gasteiger partial charge in [0.05, 0.1) is 5.56 Å². The van der Waals surface area contributed by atoms with Crippen LogP contribution in [0.2, 0.25) is 0 Å². The lowest BCUT2D eigenvalue weighted by Crippen LogP contribution is -2.05. The predicted molar refractivity (Wildman–Crippen MR) is 80.4 cm³/mol. The molecule has 0 saturated carbocycles. The highest BCUT2D eigenvalue weighted by molar-refractivity contribution is 5.87. The van der Waals surface area contributed by atoms with E-state index in [1.807, 2.05) is 6.92 Å². The Hall–Kier alpha value is -2.95. The monoisotopic (exact) mass is 296 g/mol. The van der Waals surface area contributed by atoms with Gasteiger partial charge >= 0.3 is 5.63 Å². The zero-order valence-corrected chi connectivity index (χ0v) is 11.8. The summed E-state index contributed by atoms with van der Waals surface area (Å²) < 4.78 is 16.0. The van der Waals surface area contributed by atoms with E-state index >= 15 is 0 Å². The number of phenols is 1. The van der Waals surface area contributed by atoms with Gasteiger partial charge in [0.1, 0.15) is 11.3 Å². The van der Waals surface area contributed by atoms with E-state index in [0.29, 0.717) is 28.2 Å². The van der Waals surface area contributed by atoms with Crippen LogP contribution >= 0.6 is 0 Å². The van der Waals surface area contributed by atoms with Gasteiger partial charge < -0.3 is 19.0 Å². The number of hydrogen-bond donors (Lipinski definition) is 1. The van der Waals surface area contributed by atoms with Crippen LogP contribution in [-0.2, 0) is 0 Å². The van der Waals surface area contributed by atoms with Crippen LogP contribution in [0.1, 0.15) is 5.56 Å². The van der Waals surface area contributed by atoms with Crippen molar-refractivity contribution in [3.05, 3.63) is 52.4 Å². The molecule has 5 heteroatoms. The number of aryl methyl sites for hydroxylation is 1. The Kier molecular flexibility index (Phi) is 2.63. The van der Waals surface area contributed by atoms with Crippen molar-refractivity contribution in [2.24, 2.45) is 0 Å². The Morgan fingerprint density at radius 3 is 2.73 bits per heavy atom. The highest BCUT2D eigenvalue weighted by atomic mass is 16.7. The molecule has 0 fully saturated rings. The van der Waals surface area contributed by atoms with Gasteiger partial charge in [-0.25, -0.2) is 4.79 Å². The van der Waals surface area contributed by atoms with Crippen molar-refractivity contribution < 1.29 is 19.0 Å². The van der Waals surface area contributed by atoms with Gasteiger partial charge in [-0.2, -0.15) is 0 Å². The fraction of sp³-hybridized carbons (Fsp3) is 0.118. The Labute approximate surface area is 125 Å². The van der Waals surface area contributed by atoms with E-state index in [1.54, 1.807) is 30.3 Å². The molecule has 5 nitrogen and oxygen atoms in total. The Bertz CT molecular complexity index is 955. The average Bonchev–Trinajstić information content (AvgIpc) is 2.94. The third kappa shape index (κ3) is 1.83. The Morgan fingerprint density at radius 2 is 1.86 bits per heavy atom. The lowest BCUT2D eigenvalue weighted by Gasteiger charge is -2.08. The second kappa shape index (κ2) is 4.53. The lowest BCUT2D eigenvalue weighted by atomic mass is 9.99. The molecule has 2 aromatic carbocycles. The van der Waals surface area contributed by atoms with Crippen LogP contribution in [0.3, 0.4) is 0 Å². The number of aromatic hydroxyl groups is 1. The molecule has 1 N–H and O–H groups in total. The highest BCUT2D eigenvalue weighted by Crippen LogP contribution is 2.37. The molecular weight excluding hydrogens is 284 g/mol. The van der Waals surface area contributed by atoms with Gasteiger partial charge in [0.2, 0.25) is 6.79 Å².